The van der Waals surface area contributed by atoms with Crippen LogP contribution in [0.15, 0.2) is 30.3 Å². The van der Waals surface area contributed by atoms with Gasteiger partial charge in [0.2, 0.25) is 0 Å². The number of fused-ring (bicyclic) bond motifs is 7. The highest BCUT2D eigenvalue weighted by atomic mass is 16.7. The first-order valence-corrected chi connectivity index (χ1v) is 15.8. The lowest BCUT2D eigenvalue weighted by Gasteiger charge is -2.61. The lowest BCUT2D eigenvalue weighted by Crippen LogP contribution is -2.55. The van der Waals surface area contributed by atoms with Crippen LogP contribution in [0.4, 0.5) is 0 Å². The van der Waals surface area contributed by atoms with Gasteiger partial charge in [-0.05, 0) is 116 Å². The molecule has 0 amide bonds. The third-order valence-corrected chi connectivity index (χ3v) is 13.2. The fraction of sp³-hybridized carbons (Fsp3) is 0.794. The van der Waals surface area contributed by atoms with Crippen molar-refractivity contribution in [3.8, 4) is 0 Å². The highest BCUT2D eigenvalue weighted by Gasteiger charge is 2.69. The van der Waals surface area contributed by atoms with Gasteiger partial charge in [-0.25, -0.2) is 4.79 Å². The maximum atomic E-state index is 12.7. The van der Waals surface area contributed by atoms with E-state index in [4.69, 9.17) is 14.2 Å². The molecule has 0 unspecified atom stereocenters. The molecule has 0 N–H and O–H groups in total. The number of rotatable bonds is 2. The van der Waals surface area contributed by atoms with Crippen LogP contribution in [0.25, 0.3) is 0 Å². The Morgan fingerprint density at radius 1 is 0.895 bits per heavy atom. The van der Waals surface area contributed by atoms with Gasteiger partial charge in [-0.2, -0.15) is 0 Å². The molecule has 4 saturated carbocycles. The van der Waals surface area contributed by atoms with E-state index in [0.29, 0.717) is 46.2 Å². The van der Waals surface area contributed by atoms with Crippen molar-refractivity contribution in [3.05, 3.63) is 35.9 Å². The van der Waals surface area contributed by atoms with E-state index in [2.05, 4.69) is 27.7 Å². The Morgan fingerprint density at radius 3 is 2.45 bits per heavy atom. The summed E-state index contributed by atoms with van der Waals surface area (Å²) >= 11 is 0. The number of hydrogen-bond acceptors (Lipinski definition) is 4. The van der Waals surface area contributed by atoms with Crippen molar-refractivity contribution >= 4 is 5.97 Å². The molecule has 0 bridgehead atoms. The average molecular weight is 521 g/mol. The molecule has 0 aromatic heterocycles. The Morgan fingerprint density at radius 2 is 1.68 bits per heavy atom. The number of carbonyl (C=O) groups is 1. The molecule has 1 aromatic carbocycles. The molecule has 0 radical (unpaired) electrons. The van der Waals surface area contributed by atoms with E-state index < -0.39 is 0 Å². The molecular weight excluding hydrogens is 472 g/mol. The summed E-state index contributed by atoms with van der Waals surface area (Å²) in [6, 6.07) is 9.51. The third-order valence-electron chi connectivity index (χ3n) is 13.2. The monoisotopic (exact) mass is 520 g/mol. The van der Waals surface area contributed by atoms with Crippen LogP contribution < -0.4 is 0 Å². The first-order chi connectivity index (χ1) is 18.2. The predicted molar refractivity (Wildman–Crippen MR) is 147 cm³/mol. The summed E-state index contributed by atoms with van der Waals surface area (Å²) in [7, 11) is 0. The Labute approximate surface area is 229 Å². The molecule has 4 aliphatic carbocycles. The normalized spacial score (nSPS) is 51.5. The fourth-order valence-corrected chi connectivity index (χ4v) is 11.1. The van der Waals surface area contributed by atoms with E-state index in [0.717, 1.165) is 43.6 Å². The molecule has 2 saturated heterocycles. The predicted octanol–water partition coefficient (Wildman–Crippen LogP) is 7.66. The minimum absolute atomic E-state index is 0.0701. The third kappa shape index (κ3) is 3.71. The molecular formula is C34H48O4. The second kappa shape index (κ2) is 9.06. The summed E-state index contributed by atoms with van der Waals surface area (Å²) in [5.74, 6) is 4.41. The summed E-state index contributed by atoms with van der Waals surface area (Å²) in [6.07, 6.45) is 12.6. The maximum absolute atomic E-state index is 12.7. The van der Waals surface area contributed by atoms with Gasteiger partial charge in [-0.3, -0.25) is 0 Å². The summed E-state index contributed by atoms with van der Waals surface area (Å²) < 4.78 is 19.5. The van der Waals surface area contributed by atoms with Crippen molar-refractivity contribution in [2.45, 2.75) is 110 Å². The van der Waals surface area contributed by atoms with Gasteiger partial charge in [0.05, 0.1) is 18.3 Å². The summed E-state index contributed by atoms with van der Waals surface area (Å²) in [5.41, 5.74) is 1.44. The largest absolute Gasteiger partial charge is 0.459 e. The second-order valence-corrected chi connectivity index (χ2v) is 14.8. The number of hydrogen-bond donors (Lipinski definition) is 0. The zero-order valence-electron chi connectivity index (χ0n) is 24.0. The number of carbonyl (C=O) groups excluding carboxylic acids is 1. The molecule has 2 heterocycles. The van der Waals surface area contributed by atoms with Gasteiger partial charge >= 0.3 is 5.97 Å². The van der Waals surface area contributed by atoms with Crippen LogP contribution in [0.3, 0.4) is 0 Å². The van der Waals surface area contributed by atoms with Crippen molar-refractivity contribution in [1.82, 2.24) is 0 Å². The van der Waals surface area contributed by atoms with Crippen LogP contribution >= 0.6 is 0 Å². The van der Waals surface area contributed by atoms with E-state index in [-0.39, 0.29) is 17.9 Å². The topological polar surface area (TPSA) is 44.8 Å². The van der Waals surface area contributed by atoms with Crippen LogP contribution in [-0.2, 0) is 14.2 Å². The standard InChI is InChI=1S/C34H48O4/c1-21-12-17-34(36-20-21)22(2)30-29(38-34)19-28-26-11-10-24-18-25(37-31(35)23-8-6-5-7-9-23)13-15-32(24,3)27(26)14-16-33(28,30)4/h5-9,21-22,24-30H,10-20H2,1-4H3/t21-,22+,24-,25-,26-,27+,28-,29+,30-,32+,33+,34+/m1/s1. The van der Waals surface area contributed by atoms with Gasteiger partial charge in [-0.1, -0.05) is 45.9 Å². The van der Waals surface area contributed by atoms with Crippen molar-refractivity contribution in [3.63, 3.8) is 0 Å². The quantitative estimate of drug-likeness (QED) is 0.376. The first kappa shape index (κ1) is 25.6. The van der Waals surface area contributed by atoms with E-state index >= 15 is 0 Å². The van der Waals surface area contributed by atoms with Crippen LogP contribution in [0.5, 0.6) is 0 Å². The summed E-state index contributed by atoms with van der Waals surface area (Å²) in [5, 5.41) is 0. The molecule has 7 rings (SSSR count). The van der Waals surface area contributed by atoms with Crippen molar-refractivity contribution in [1.29, 1.82) is 0 Å². The Kier molecular flexibility index (Phi) is 6.10. The zero-order chi connectivity index (χ0) is 26.3. The highest BCUT2D eigenvalue weighted by Crippen LogP contribution is 2.71. The molecule has 4 nitrogen and oxygen atoms in total. The molecule has 38 heavy (non-hydrogen) atoms. The SMILES string of the molecule is C[C@@H]1CC[C@]2(OC1)O[C@H]1C[C@@H]3[C@@H]4CC[C@@H]5C[C@H](OC(=O)c6ccccc6)CC[C@]5(C)[C@H]4CC[C@]3(C)[C@@H]1[C@@H]2C. The smallest absolute Gasteiger partial charge is 0.338 e. The molecule has 6 fully saturated rings. The molecule has 1 spiro atoms. The van der Waals surface area contributed by atoms with Gasteiger partial charge in [-0.15, -0.1) is 0 Å². The van der Waals surface area contributed by atoms with Crippen molar-refractivity contribution in [2.24, 2.45) is 52.3 Å². The van der Waals surface area contributed by atoms with Gasteiger partial charge in [0, 0.05) is 12.3 Å². The number of esters is 1. The molecule has 208 valence electrons. The van der Waals surface area contributed by atoms with E-state index in [1.54, 1.807) is 0 Å². The van der Waals surface area contributed by atoms with Gasteiger partial charge in [0.1, 0.15) is 6.10 Å². The summed E-state index contributed by atoms with van der Waals surface area (Å²) in [6.45, 7) is 10.9. The van der Waals surface area contributed by atoms with Gasteiger partial charge < -0.3 is 14.2 Å². The second-order valence-electron chi connectivity index (χ2n) is 14.8. The molecule has 6 aliphatic rings. The van der Waals surface area contributed by atoms with Gasteiger partial charge in [0.25, 0.3) is 0 Å². The van der Waals surface area contributed by atoms with Crippen LogP contribution in [0.2, 0.25) is 0 Å². The van der Waals surface area contributed by atoms with E-state index in [9.17, 15) is 4.79 Å². The molecule has 4 heteroatoms. The zero-order valence-corrected chi connectivity index (χ0v) is 24.0. The minimum Gasteiger partial charge on any atom is -0.459 e. The molecule has 2 aliphatic heterocycles. The van der Waals surface area contributed by atoms with Crippen LogP contribution in [-0.4, -0.2) is 30.6 Å². The number of benzene rings is 1. The Bertz CT molecular complexity index is 1050. The minimum atomic E-state index is -0.314. The Hall–Kier alpha value is -1.39. The maximum Gasteiger partial charge on any atom is 0.338 e. The number of ether oxygens (including phenoxy) is 3. The first-order valence-electron chi connectivity index (χ1n) is 15.8. The highest BCUT2D eigenvalue weighted by molar-refractivity contribution is 5.89. The fourth-order valence-electron chi connectivity index (χ4n) is 11.1. The van der Waals surface area contributed by atoms with Crippen LogP contribution in [0, 0.1) is 52.3 Å². The Balaban J connectivity index is 1.05. The molecule has 1 aromatic rings. The van der Waals surface area contributed by atoms with Crippen LogP contribution in [0.1, 0.15) is 102 Å². The lowest BCUT2D eigenvalue weighted by molar-refractivity contribution is -0.273. The average Bonchev–Trinajstić information content (AvgIpc) is 3.36. The van der Waals surface area contributed by atoms with E-state index in [1.165, 1.54) is 44.9 Å². The van der Waals surface area contributed by atoms with E-state index in [1.807, 2.05) is 30.3 Å². The van der Waals surface area contributed by atoms with Crippen molar-refractivity contribution < 1.29 is 19.0 Å². The lowest BCUT2D eigenvalue weighted by atomic mass is 9.44. The molecule has 12 atom stereocenters. The van der Waals surface area contributed by atoms with Crippen molar-refractivity contribution in [2.75, 3.05) is 6.61 Å². The summed E-state index contributed by atoms with van der Waals surface area (Å²) in [4.78, 5) is 12.7. The van der Waals surface area contributed by atoms with Gasteiger partial charge in [0.15, 0.2) is 5.79 Å².